The fourth-order valence-electron chi connectivity index (χ4n) is 4.94. The van der Waals surface area contributed by atoms with Crippen LogP contribution in [0.25, 0.3) is 0 Å². The summed E-state index contributed by atoms with van der Waals surface area (Å²) in [6, 6.07) is 24.1. The molecular formula is C27H29N3O3S. The van der Waals surface area contributed by atoms with Crippen LogP contribution in [0, 0.1) is 0 Å². The van der Waals surface area contributed by atoms with E-state index in [4.69, 9.17) is 0 Å². The second kappa shape index (κ2) is 9.24. The van der Waals surface area contributed by atoms with Gasteiger partial charge in [-0.3, -0.25) is 14.0 Å². The third-order valence-electron chi connectivity index (χ3n) is 6.69. The largest absolute Gasteiger partial charge is 0.336 e. The minimum absolute atomic E-state index is 0.0131. The van der Waals surface area contributed by atoms with E-state index < -0.39 is 10.0 Å². The molecule has 0 bridgehead atoms. The van der Waals surface area contributed by atoms with Crippen LogP contribution in [0.4, 0.5) is 5.69 Å². The van der Waals surface area contributed by atoms with Crippen molar-refractivity contribution in [3.63, 3.8) is 0 Å². The lowest BCUT2D eigenvalue weighted by atomic mass is 10.1. The van der Waals surface area contributed by atoms with Crippen LogP contribution in [0.3, 0.4) is 0 Å². The van der Waals surface area contributed by atoms with Crippen molar-refractivity contribution in [2.75, 3.05) is 30.5 Å². The third kappa shape index (κ3) is 4.33. The molecule has 0 aromatic heterocycles. The highest BCUT2D eigenvalue weighted by atomic mass is 32.2. The molecule has 3 aromatic rings. The lowest BCUT2D eigenvalue weighted by Crippen LogP contribution is -2.48. The summed E-state index contributed by atoms with van der Waals surface area (Å²) in [6.45, 7) is 5.86. The van der Waals surface area contributed by atoms with Crippen LogP contribution < -0.4 is 4.31 Å². The van der Waals surface area contributed by atoms with Crippen LogP contribution in [0.2, 0.25) is 0 Å². The molecule has 5 rings (SSSR count). The smallest absolute Gasteiger partial charge is 0.264 e. The van der Waals surface area contributed by atoms with Gasteiger partial charge in [0, 0.05) is 44.3 Å². The zero-order valence-corrected chi connectivity index (χ0v) is 20.1. The molecule has 1 fully saturated rings. The molecule has 2 aliphatic rings. The van der Waals surface area contributed by atoms with E-state index in [2.05, 4.69) is 29.2 Å². The Morgan fingerprint density at radius 1 is 0.882 bits per heavy atom. The molecule has 7 heteroatoms. The van der Waals surface area contributed by atoms with E-state index in [-0.39, 0.29) is 16.8 Å². The molecule has 0 unspecified atom stereocenters. The van der Waals surface area contributed by atoms with Crippen LogP contribution in [0.5, 0.6) is 0 Å². The minimum atomic E-state index is -3.65. The Hall–Kier alpha value is -3.16. The number of amides is 1. The van der Waals surface area contributed by atoms with Crippen molar-refractivity contribution in [1.82, 2.24) is 9.80 Å². The first-order valence-corrected chi connectivity index (χ1v) is 13.2. The van der Waals surface area contributed by atoms with E-state index in [9.17, 15) is 13.2 Å². The number of hydrogen-bond acceptors (Lipinski definition) is 4. The first-order valence-electron chi connectivity index (χ1n) is 11.7. The summed E-state index contributed by atoms with van der Waals surface area (Å²) < 4.78 is 28.1. The first kappa shape index (κ1) is 22.6. The van der Waals surface area contributed by atoms with Crippen LogP contribution in [-0.2, 0) is 23.0 Å². The van der Waals surface area contributed by atoms with Crippen LogP contribution in [0.15, 0.2) is 83.8 Å². The van der Waals surface area contributed by atoms with Gasteiger partial charge in [-0.25, -0.2) is 8.42 Å². The lowest BCUT2D eigenvalue weighted by Gasteiger charge is -2.35. The molecule has 34 heavy (non-hydrogen) atoms. The molecule has 2 aliphatic heterocycles. The van der Waals surface area contributed by atoms with Gasteiger partial charge in [0.15, 0.2) is 0 Å². The molecule has 0 spiro atoms. The molecule has 3 aromatic carbocycles. The maximum Gasteiger partial charge on any atom is 0.264 e. The normalized spacial score (nSPS) is 18.7. The number of benzene rings is 3. The average Bonchev–Trinajstić information content (AvgIpc) is 3.21. The molecule has 1 saturated heterocycles. The molecule has 1 atom stereocenters. The maximum atomic E-state index is 13.3. The number of rotatable bonds is 5. The molecular weight excluding hydrogens is 446 g/mol. The standard InChI is InChI=1S/C27H29N3O3S/c1-21-18-24-19-23(12-13-26(24)30(21)34(32,33)25-10-6-3-7-11-25)27(31)29-16-14-28(15-17-29)20-22-8-4-2-5-9-22/h2-13,19,21H,14-18,20H2,1H3/t21-/m0/s1. The minimum Gasteiger partial charge on any atom is -0.336 e. The van der Waals surface area contributed by atoms with Gasteiger partial charge in [0.25, 0.3) is 15.9 Å². The quantitative estimate of drug-likeness (QED) is 0.564. The van der Waals surface area contributed by atoms with Gasteiger partial charge in [0.05, 0.1) is 10.6 Å². The summed E-state index contributed by atoms with van der Waals surface area (Å²) in [7, 11) is -3.65. The molecule has 2 heterocycles. The Bertz CT molecular complexity index is 1270. The van der Waals surface area contributed by atoms with Gasteiger partial charge in [-0.1, -0.05) is 48.5 Å². The van der Waals surface area contributed by atoms with Gasteiger partial charge in [-0.05, 0) is 54.8 Å². The molecule has 0 radical (unpaired) electrons. The van der Waals surface area contributed by atoms with Gasteiger partial charge in [-0.2, -0.15) is 0 Å². The molecule has 1 amide bonds. The second-order valence-corrected chi connectivity index (χ2v) is 10.9. The van der Waals surface area contributed by atoms with Crippen molar-refractivity contribution in [2.24, 2.45) is 0 Å². The van der Waals surface area contributed by atoms with E-state index in [1.165, 1.54) is 9.87 Å². The number of fused-ring (bicyclic) bond motifs is 1. The van der Waals surface area contributed by atoms with Crippen LogP contribution in [-0.4, -0.2) is 56.3 Å². The SMILES string of the molecule is C[C@H]1Cc2cc(C(=O)N3CCN(Cc4ccccc4)CC3)ccc2N1S(=O)(=O)c1ccccc1. The van der Waals surface area contributed by atoms with E-state index in [0.717, 1.165) is 25.2 Å². The van der Waals surface area contributed by atoms with E-state index in [0.29, 0.717) is 30.8 Å². The highest BCUT2D eigenvalue weighted by Gasteiger charge is 2.36. The summed E-state index contributed by atoms with van der Waals surface area (Å²) in [6.07, 6.45) is 0.591. The van der Waals surface area contributed by atoms with Crippen molar-refractivity contribution in [2.45, 2.75) is 30.8 Å². The van der Waals surface area contributed by atoms with E-state index in [1.807, 2.05) is 24.0 Å². The van der Waals surface area contributed by atoms with E-state index >= 15 is 0 Å². The summed E-state index contributed by atoms with van der Waals surface area (Å²) >= 11 is 0. The van der Waals surface area contributed by atoms with Gasteiger partial charge >= 0.3 is 0 Å². The molecule has 0 N–H and O–H groups in total. The maximum absolute atomic E-state index is 13.3. The molecule has 0 aliphatic carbocycles. The monoisotopic (exact) mass is 475 g/mol. The Morgan fingerprint density at radius 2 is 1.53 bits per heavy atom. The van der Waals surface area contributed by atoms with Crippen LogP contribution >= 0.6 is 0 Å². The fourth-order valence-corrected chi connectivity index (χ4v) is 6.65. The van der Waals surface area contributed by atoms with Gasteiger partial charge in [0.1, 0.15) is 0 Å². The Kier molecular flexibility index (Phi) is 6.15. The molecule has 6 nitrogen and oxygen atoms in total. The second-order valence-electron chi connectivity index (χ2n) is 9.06. The van der Waals surface area contributed by atoms with Crippen molar-refractivity contribution in [3.8, 4) is 0 Å². The number of anilines is 1. The van der Waals surface area contributed by atoms with Crippen molar-refractivity contribution >= 4 is 21.6 Å². The Labute approximate surface area is 201 Å². The topological polar surface area (TPSA) is 60.9 Å². The highest BCUT2D eigenvalue weighted by molar-refractivity contribution is 7.92. The average molecular weight is 476 g/mol. The Morgan fingerprint density at radius 3 is 2.21 bits per heavy atom. The number of piperazine rings is 1. The summed E-state index contributed by atoms with van der Waals surface area (Å²) in [5.74, 6) is 0.0131. The number of carbonyl (C=O) groups is 1. The number of sulfonamides is 1. The van der Waals surface area contributed by atoms with Crippen LogP contribution in [0.1, 0.15) is 28.4 Å². The predicted octanol–water partition coefficient (Wildman–Crippen LogP) is 3.78. The predicted molar refractivity (Wildman–Crippen MR) is 133 cm³/mol. The van der Waals surface area contributed by atoms with Crippen molar-refractivity contribution in [3.05, 3.63) is 95.6 Å². The highest BCUT2D eigenvalue weighted by Crippen LogP contribution is 2.37. The molecule has 176 valence electrons. The zero-order chi connectivity index (χ0) is 23.7. The summed E-state index contributed by atoms with van der Waals surface area (Å²) in [5, 5.41) is 0. The summed E-state index contributed by atoms with van der Waals surface area (Å²) in [4.78, 5) is 17.8. The number of hydrogen-bond donors (Lipinski definition) is 0. The number of carbonyl (C=O) groups excluding carboxylic acids is 1. The zero-order valence-electron chi connectivity index (χ0n) is 19.3. The Balaban J connectivity index is 1.29. The first-order chi connectivity index (χ1) is 16.4. The van der Waals surface area contributed by atoms with Crippen molar-refractivity contribution < 1.29 is 13.2 Å². The fraction of sp³-hybridized carbons (Fsp3) is 0.296. The third-order valence-corrected chi connectivity index (χ3v) is 8.63. The molecule has 0 saturated carbocycles. The van der Waals surface area contributed by atoms with Gasteiger partial charge in [0.2, 0.25) is 0 Å². The summed E-state index contributed by atoms with van der Waals surface area (Å²) in [5.41, 5.74) is 3.48. The van der Waals surface area contributed by atoms with Gasteiger partial charge < -0.3 is 4.90 Å². The van der Waals surface area contributed by atoms with E-state index in [1.54, 1.807) is 42.5 Å². The van der Waals surface area contributed by atoms with Crippen molar-refractivity contribution in [1.29, 1.82) is 0 Å². The number of nitrogens with zero attached hydrogens (tertiary/aromatic N) is 3. The lowest BCUT2D eigenvalue weighted by molar-refractivity contribution is 0.0628. The van der Waals surface area contributed by atoms with Gasteiger partial charge in [-0.15, -0.1) is 0 Å².